The van der Waals surface area contributed by atoms with E-state index in [1.807, 2.05) is 43.3 Å². The number of carbonyl (C=O) groups excluding carboxylic acids is 1. The molecule has 0 saturated carbocycles. The first-order valence-electron chi connectivity index (χ1n) is 8.08. The number of amides is 2. The molecule has 24 heavy (non-hydrogen) atoms. The molecule has 0 atom stereocenters. The number of ether oxygens (including phenoxy) is 1. The number of anilines is 1. The maximum atomic E-state index is 12.1. The molecule has 0 aromatic heterocycles. The van der Waals surface area contributed by atoms with E-state index >= 15 is 0 Å². The van der Waals surface area contributed by atoms with Crippen LogP contribution in [0.5, 0.6) is 5.75 Å². The van der Waals surface area contributed by atoms with Crippen LogP contribution in [0.4, 0.5) is 10.5 Å². The number of nitrogens with one attached hydrogen (secondary N) is 1. The predicted molar refractivity (Wildman–Crippen MR) is 95.3 cm³/mol. The second-order valence-corrected chi connectivity index (χ2v) is 5.48. The lowest BCUT2D eigenvalue weighted by atomic mass is 10.1. The van der Waals surface area contributed by atoms with Crippen LogP contribution in [0.3, 0.4) is 0 Å². The lowest BCUT2D eigenvalue weighted by Crippen LogP contribution is -2.36. The molecule has 0 fully saturated rings. The summed E-state index contributed by atoms with van der Waals surface area (Å²) >= 11 is 0. The predicted octanol–water partition coefficient (Wildman–Crippen LogP) is 3.42. The Morgan fingerprint density at radius 2 is 2.00 bits per heavy atom. The fourth-order valence-corrected chi connectivity index (χ4v) is 2.32. The molecule has 5 nitrogen and oxygen atoms in total. The van der Waals surface area contributed by atoms with Gasteiger partial charge in [0.05, 0.1) is 6.61 Å². The minimum absolute atomic E-state index is 0.0547. The van der Waals surface area contributed by atoms with Crippen molar-refractivity contribution in [2.75, 3.05) is 25.0 Å². The number of aliphatic hydroxyl groups excluding tert-OH is 1. The summed E-state index contributed by atoms with van der Waals surface area (Å²) in [5, 5.41) is 11.8. The zero-order valence-electron chi connectivity index (χ0n) is 14.2. The normalized spacial score (nSPS) is 10.3. The molecule has 2 amide bonds. The Morgan fingerprint density at radius 1 is 1.21 bits per heavy atom. The smallest absolute Gasteiger partial charge is 0.321 e. The summed E-state index contributed by atoms with van der Waals surface area (Å²) in [4.78, 5) is 13.7. The van der Waals surface area contributed by atoms with Gasteiger partial charge in [0.15, 0.2) is 0 Å². The van der Waals surface area contributed by atoms with Crippen LogP contribution in [0.15, 0.2) is 48.5 Å². The van der Waals surface area contributed by atoms with Crippen LogP contribution in [0, 0.1) is 6.92 Å². The third-order valence-corrected chi connectivity index (χ3v) is 3.78. The molecule has 2 rings (SSSR count). The minimum atomic E-state index is -0.234. The van der Waals surface area contributed by atoms with Crippen LogP contribution >= 0.6 is 0 Å². The SMILES string of the molecule is CCN(CCO)C(=O)Nc1cccc(OCc2ccccc2C)c1. The van der Waals surface area contributed by atoms with Crippen LogP contribution < -0.4 is 10.1 Å². The van der Waals surface area contributed by atoms with E-state index in [1.165, 1.54) is 5.56 Å². The van der Waals surface area contributed by atoms with Gasteiger partial charge in [0.2, 0.25) is 0 Å². The molecule has 0 heterocycles. The fourth-order valence-electron chi connectivity index (χ4n) is 2.32. The molecule has 0 unspecified atom stereocenters. The number of benzene rings is 2. The van der Waals surface area contributed by atoms with Gasteiger partial charge in [-0.25, -0.2) is 4.79 Å². The summed E-state index contributed by atoms with van der Waals surface area (Å²) in [5.74, 6) is 0.696. The monoisotopic (exact) mass is 328 g/mol. The van der Waals surface area contributed by atoms with Gasteiger partial charge in [-0.3, -0.25) is 0 Å². The molecule has 128 valence electrons. The molecular formula is C19H24N2O3. The number of likely N-dealkylation sites (N-methyl/N-ethyl adjacent to an activating group) is 1. The second kappa shape index (κ2) is 8.93. The molecule has 0 aliphatic heterocycles. The zero-order chi connectivity index (χ0) is 17.4. The van der Waals surface area contributed by atoms with E-state index < -0.39 is 0 Å². The van der Waals surface area contributed by atoms with Crippen molar-refractivity contribution in [2.24, 2.45) is 0 Å². The zero-order valence-corrected chi connectivity index (χ0v) is 14.2. The molecule has 2 N–H and O–H groups in total. The molecule has 0 aliphatic rings. The first kappa shape index (κ1) is 17.8. The molecule has 0 saturated heterocycles. The van der Waals surface area contributed by atoms with Crippen molar-refractivity contribution in [3.05, 3.63) is 59.7 Å². The minimum Gasteiger partial charge on any atom is -0.489 e. The molecule has 0 aliphatic carbocycles. The van der Waals surface area contributed by atoms with Gasteiger partial charge in [-0.1, -0.05) is 30.3 Å². The van der Waals surface area contributed by atoms with Gasteiger partial charge in [-0.15, -0.1) is 0 Å². The van der Waals surface area contributed by atoms with Crippen LogP contribution in [-0.4, -0.2) is 35.7 Å². The first-order chi connectivity index (χ1) is 11.6. The Balaban J connectivity index is 1.98. The second-order valence-electron chi connectivity index (χ2n) is 5.48. The lowest BCUT2D eigenvalue weighted by molar-refractivity contribution is 0.192. The highest BCUT2D eigenvalue weighted by Gasteiger charge is 2.11. The average Bonchev–Trinajstić information content (AvgIpc) is 2.59. The van der Waals surface area contributed by atoms with Crippen LogP contribution in [0.1, 0.15) is 18.1 Å². The first-order valence-corrected chi connectivity index (χ1v) is 8.08. The number of hydrogen-bond acceptors (Lipinski definition) is 3. The van der Waals surface area contributed by atoms with Crippen molar-refractivity contribution in [1.29, 1.82) is 0 Å². The number of aryl methyl sites for hydroxylation is 1. The van der Waals surface area contributed by atoms with Gasteiger partial charge in [0.25, 0.3) is 0 Å². The van der Waals surface area contributed by atoms with E-state index in [9.17, 15) is 4.79 Å². The van der Waals surface area contributed by atoms with Crippen LogP contribution in [-0.2, 0) is 6.61 Å². The van der Waals surface area contributed by atoms with Crippen LogP contribution in [0.2, 0.25) is 0 Å². The number of nitrogens with zero attached hydrogens (tertiary/aromatic N) is 1. The number of hydrogen-bond donors (Lipinski definition) is 2. The van der Waals surface area contributed by atoms with E-state index in [4.69, 9.17) is 9.84 Å². The molecule has 5 heteroatoms. The maximum absolute atomic E-state index is 12.1. The highest BCUT2D eigenvalue weighted by atomic mass is 16.5. The Kier molecular flexibility index (Phi) is 6.63. The van der Waals surface area contributed by atoms with E-state index in [0.29, 0.717) is 31.1 Å². The van der Waals surface area contributed by atoms with Gasteiger partial charge >= 0.3 is 6.03 Å². The van der Waals surface area contributed by atoms with Gasteiger partial charge in [-0.05, 0) is 37.1 Å². The molecule has 2 aromatic carbocycles. The van der Waals surface area contributed by atoms with E-state index in [-0.39, 0.29) is 12.6 Å². The summed E-state index contributed by atoms with van der Waals surface area (Å²) < 4.78 is 5.82. The summed E-state index contributed by atoms with van der Waals surface area (Å²) in [6.07, 6.45) is 0. The Hall–Kier alpha value is -2.53. The van der Waals surface area contributed by atoms with E-state index in [2.05, 4.69) is 18.3 Å². The summed E-state index contributed by atoms with van der Waals surface area (Å²) in [6.45, 7) is 5.20. The molecule has 0 bridgehead atoms. The van der Waals surface area contributed by atoms with Gasteiger partial charge in [0, 0.05) is 24.8 Å². The quantitative estimate of drug-likeness (QED) is 0.818. The van der Waals surface area contributed by atoms with Gasteiger partial charge < -0.3 is 20.1 Å². The highest BCUT2D eigenvalue weighted by Crippen LogP contribution is 2.19. The highest BCUT2D eigenvalue weighted by molar-refractivity contribution is 5.89. The van der Waals surface area contributed by atoms with Crippen molar-refractivity contribution < 1.29 is 14.6 Å². The number of carbonyl (C=O) groups is 1. The van der Waals surface area contributed by atoms with E-state index in [0.717, 1.165) is 5.56 Å². The third-order valence-electron chi connectivity index (χ3n) is 3.78. The average molecular weight is 328 g/mol. The standard InChI is InChI=1S/C19H24N2O3/c1-3-21(11-12-22)19(23)20-17-9-6-10-18(13-17)24-14-16-8-5-4-7-15(16)2/h4-10,13,22H,3,11-12,14H2,1-2H3,(H,20,23). The Bertz CT molecular complexity index is 673. The summed E-state index contributed by atoms with van der Waals surface area (Å²) in [5.41, 5.74) is 2.98. The lowest BCUT2D eigenvalue weighted by Gasteiger charge is -2.20. The molecule has 0 radical (unpaired) electrons. The number of urea groups is 1. The number of aliphatic hydroxyl groups is 1. The Labute approximate surface area is 142 Å². The Morgan fingerprint density at radius 3 is 2.71 bits per heavy atom. The van der Waals surface area contributed by atoms with Gasteiger partial charge in [-0.2, -0.15) is 0 Å². The summed E-state index contributed by atoms with van der Waals surface area (Å²) in [6, 6.07) is 15.1. The summed E-state index contributed by atoms with van der Waals surface area (Å²) in [7, 11) is 0. The van der Waals surface area contributed by atoms with Gasteiger partial charge in [0.1, 0.15) is 12.4 Å². The topological polar surface area (TPSA) is 61.8 Å². The third kappa shape index (κ3) is 4.99. The van der Waals surface area contributed by atoms with Crippen molar-refractivity contribution >= 4 is 11.7 Å². The number of rotatable bonds is 7. The van der Waals surface area contributed by atoms with E-state index in [1.54, 1.807) is 11.0 Å². The largest absolute Gasteiger partial charge is 0.489 e. The van der Waals surface area contributed by atoms with Crippen molar-refractivity contribution in [3.63, 3.8) is 0 Å². The van der Waals surface area contributed by atoms with Crippen molar-refractivity contribution in [1.82, 2.24) is 4.90 Å². The molecule has 2 aromatic rings. The maximum Gasteiger partial charge on any atom is 0.321 e. The molecule has 0 spiro atoms. The van der Waals surface area contributed by atoms with Crippen molar-refractivity contribution in [2.45, 2.75) is 20.5 Å². The van der Waals surface area contributed by atoms with Crippen molar-refractivity contribution in [3.8, 4) is 5.75 Å². The fraction of sp³-hybridized carbons (Fsp3) is 0.316. The molecular weight excluding hydrogens is 304 g/mol. The van der Waals surface area contributed by atoms with Crippen LogP contribution in [0.25, 0.3) is 0 Å².